The third-order valence-corrected chi connectivity index (χ3v) is 6.34. The second kappa shape index (κ2) is 7.42. The fraction of sp³-hybridized carbons (Fsp3) is 0.562. The lowest BCUT2D eigenvalue weighted by Crippen LogP contribution is -2.57. The number of nitrogens with one attached hydrogen (secondary N) is 2. The molecule has 1 heterocycles. The summed E-state index contributed by atoms with van der Waals surface area (Å²) in [4.78, 5) is 12.6. The summed E-state index contributed by atoms with van der Waals surface area (Å²) in [5, 5.41) is 5.89. The molecule has 0 saturated carbocycles. The molecule has 1 saturated heterocycles. The first-order valence-corrected chi connectivity index (χ1v) is 9.53. The van der Waals surface area contributed by atoms with Crippen LogP contribution < -0.4 is 10.6 Å². The van der Waals surface area contributed by atoms with E-state index >= 15 is 0 Å². The topological polar surface area (TPSA) is 84.5 Å². The summed E-state index contributed by atoms with van der Waals surface area (Å²) in [6.45, 7) is 1.92. The maximum absolute atomic E-state index is 12.6. The summed E-state index contributed by atoms with van der Waals surface area (Å²) >= 11 is 0. The number of hydrogen-bond acceptors (Lipinski definition) is 5. The Morgan fingerprint density at radius 2 is 1.78 bits per heavy atom. The van der Waals surface area contributed by atoms with Crippen LogP contribution in [0, 0.1) is 0 Å². The largest absolute Gasteiger partial charge is 0.380 e. The summed E-state index contributed by atoms with van der Waals surface area (Å²) < 4.78 is 28.1. The van der Waals surface area contributed by atoms with Crippen LogP contribution in [0.25, 0.3) is 0 Å². The molecule has 0 bridgehead atoms. The summed E-state index contributed by atoms with van der Waals surface area (Å²) in [5.41, 5.74) is 1.98. The first-order valence-electron chi connectivity index (χ1n) is 7.64. The molecule has 2 N–H and O–H groups in total. The van der Waals surface area contributed by atoms with Crippen LogP contribution in [0.1, 0.15) is 24.0 Å². The van der Waals surface area contributed by atoms with E-state index in [0.717, 1.165) is 17.4 Å². The number of ether oxygens (including phenoxy) is 1. The van der Waals surface area contributed by atoms with E-state index in [1.807, 2.05) is 24.3 Å². The van der Waals surface area contributed by atoms with E-state index in [1.165, 1.54) is 0 Å². The van der Waals surface area contributed by atoms with E-state index in [9.17, 15) is 13.2 Å². The van der Waals surface area contributed by atoms with Gasteiger partial charge in [0.15, 0.2) is 14.6 Å². The van der Waals surface area contributed by atoms with Gasteiger partial charge in [-0.2, -0.15) is 0 Å². The van der Waals surface area contributed by atoms with Crippen molar-refractivity contribution in [3.63, 3.8) is 0 Å². The van der Waals surface area contributed by atoms with Crippen LogP contribution in [0.15, 0.2) is 24.3 Å². The van der Waals surface area contributed by atoms with Crippen LogP contribution in [0.3, 0.4) is 0 Å². The Kier molecular flexibility index (Phi) is 5.78. The molecule has 1 fully saturated rings. The molecule has 0 aliphatic carbocycles. The molecule has 1 amide bonds. The number of benzene rings is 1. The van der Waals surface area contributed by atoms with Gasteiger partial charge in [0.05, 0.1) is 6.61 Å². The molecule has 1 aromatic carbocycles. The van der Waals surface area contributed by atoms with Gasteiger partial charge in [0.2, 0.25) is 5.91 Å². The average molecular weight is 340 g/mol. The Morgan fingerprint density at radius 3 is 2.30 bits per heavy atom. The van der Waals surface area contributed by atoms with Crippen LogP contribution in [-0.4, -0.2) is 45.5 Å². The lowest BCUT2D eigenvalue weighted by Gasteiger charge is -2.34. The van der Waals surface area contributed by atoms with Gasteiger partial charge in [0, 0.05) is 19.9 Å². The molecule has 0 spiro atoms. The molecule has 2 rings (SSSR count). The van der Waals surface area contributed by atoms with Crippen molar-refractivity contribution in [2.45, 2.75) is 30.7 Å². The van der Waals surface area contributed by atoms with Gasteiger partial charge >= 0.3 is 0 Å². The zero-order valence-corrected chi connectivity index (χ0v) is 14.4. The van der Waals surface area contributed by atoms with E-state index in [0.29, 0.717) is 39.1 Å². The van der Waals surface area contributed by atoms with Gasteiger partial charge in [-0.05, 0) is 37.1 Å². The lowest BCUT2D eigenvalue weighted by atomic mass is 9.95. The third-order valence-electron chi connectivity index (χ3n) is 4.32. The third kappa shape index (κ3) is 4.10. The van der Waals surface area contributed by atoms with Gasteiger partial charge < -0.3 is 15.4 Å². The Labute approximate surface area is 137 Å². The Balaban J connectivity index is 2.04. The molecule has 0 unspecified atom stereocenters. The highest BCUT2D eigenvalue weighted by atomic mass is 32.2. The van der Waals surface area contributed by atoms with Gasteiger partial charge in [-0.1, -0.05) is 24.3 Å². The minimum absolute atomic E-state index is 0.310. The highest BCUT2D eigenvalue weighted by molar-refractivity contribution is 7.92. The van der Waals surface area contributed by atoms with Crippen molar-refractivity contribution >= 4 is 15.7 Å². The zero-order chi connectivity index (χ0) is 16.9. The molecule has 0 atom stereocenters. The van der Waals surface area contributed by atoms with Crippen molar-refractivity contribution in [1.29, 1.82) is 0 Å². The molecule has 0 aromatic heterocycles. The van der Waals surface area contributed by atoms with Gasteiger partial charge in [-0.25, -0.2) is 8.42 Å². The van der Waals surface area contributed by atoms with Crippen molar-refractivity contribution in [3.8, 4) is 0 Å². The number of amides is 1. The van der Waals surface area contributed by atoms with Crippen molar-refractivity contribution in [1.82, 2.24) is 10.6 Å². The van der Waals surface area contributed by atoms with Crippen LogP contribution in [0.5, 0.6) is 0 Å². The van der Waals surface area contributed by atoms with E-state index in [-0.39, 0.29) is 0 Å². The molecular formula is C16H24N2O4S. The predicted molar refractivity (Wildman–Crippen MR) is 88.7 cm³/mol. The second-order valence-electron chi connectivity index (χ2n) is 5.95. The molecule has 23 heavy (non-hydrogen) atoms. The number of hydrogen-bond donors (Lipinski definition) is 2. The summed E-state index contributed by atoms with van der Waals surface area (Å²) in [6.07, 6.45) is 1.77. The van der Waals surface area contributed by atoms with Crippen molar-refractivity contribution in [2.75, 3.05) is 26.5 Å². The molecule has 128 valence electrons. The normalized spacial score (nSPS) is 17.7. The Bertz CT molecular complexity index is 635. The SMILES string of the molecule is COCc1ccc(CNC(=O)C2(S(C)(=O)=O)CCNCC2)cc1. The summed E-state index contributed by atoms with van der Waals surface area (Å²) in [6, 6.07) is 7.68. The monoisotopic (exact) mass is 340 g/mol. The fourth-order valence-corrected chi connectivity index (χ4v) is 4.21. The van der Waals surface area contributed by atoms with Crippen LogP contribution in [0.2, 0.25) is 0 Å². The molecule has 6 nitrogen and oxygen atoms in total. The standard InChI is InChI=1S/C16H24N2O4S/c1-22-12-14-5-3-13(4-6-14)11-18-15(19)16(23(2,20)21)7-9-17-10-8-16/h3-6,17H,7-12H2,1-2H3,(H,18,19). The molecule has 1 aliphatic rings. The highest BCUT2D eigenvalue weighted by Crippen LogP contribution is 2.28. The van der Waals surface area contributed by atoms with Crippen LogP contribution in [-0.2, 0) is 32.5 Å². The lowest BCUT2D eigenvalue weighted by molar-refractivity contribution is -0.124. The number of methoxy groups -OCH3 is 1. The molecule has 7 heteroatoms. The number of rotatable bonds is 6. The minimum Gasteiger partial charge on any atom is -0.380 e. The minimum atomic E-state index is -3.47. The number of sulfone groups is 1. The molecular weight excluding hydrogens is 316 g/mol. The molecule has 0 radical (unpaired) electrons. The Hall–Kier alpha value is -1.44. The van der Waals surface area contributed by atoms with Crippen LogP contribution in [0.4, 0.5) is 0 Å². The number of carbonyl (C=O) groups is 1. The molecule has 1 aliphatic heterocycles. The first kappa shape index (κ1) is 17.9. The van der Waals surface area contributed by atoms with E-state index in [1.54, 1.807) is 7.11 Å². The number of carbonyl (C=O) groups excluding carboxylic acids is 1. The van der Waals surface area contributed by atoms with E-state index in [2.05, 4.69) is 10.6 Å². The highest BCUT2D eigenvalue weighted by Gasteiger charge is 2.48. The maximum Gasteiger partial charge on any atom is 0.241 e. The van der Waals surface area contributed by atoms with Gasteiger partial charge in [-0.3, -0.25) is 4.79 Å². The van der Waals surface area contributed by atoms with Crippen LogP contribution >= 0.6 is 0 Å². The van der Waals surface area contributed by atoms with Gasteiger partial charge in [-0.15, -0.1) is 0 Å². The first-order chi connectivity index (χ1) is 10.9. The summed E-state index contributed by atoms with van der Waals surface area (Å²) in [7, 11) is -1.84. The number of piperidine rings is 1. The predicted octanol–water partition coefficient (Wildman–Crippen LogP) is 0.616. The molecule has 1 aromatic rings. The van der Waals surface area contributed by atoms with Crippen molar-refractivity contribution in [2.24, 2.45) is 0 Å². The average Bonchev–Trinajstić information content (AvgIpc) is 2.54. The summed E-state index contributed by atoms with van der Waals surface area (Å²) in [5.74, 6) is -0.400. The fourth-order valence-electron chi connectivity index (χ4n) is 2.86. The van der Waals surface area contributed by atoms with Crippen molar-refractivity contribution < 1.29 is 17.9 Å². The Morgan fingerprint density at radius 1 is 1.22 bits per heavy atom. The van der Waals surface area contributed by atoms with E-state index in [4.69, 9.17) is 4.74 Å². The van der Waals surface area contributed by atoms with E-state index < -0.39 is 20.5 Å². The maximum atomic E-state index is 12.6. The quantitative estimate of drug-likeness (QED) is 0.793. The zero-order valence-electron chi connectivity index (χ0n) is 13.6. The van der Waals surface area contributed by atoms with Gasteiger partial charge in [0.25, 0.3) is 0 Å². The second-order valence-corrected chi connectivity index (χ2v) is 8.27. The van der Waals surface area contributed by atoms with Crippen molar-refractivity contribution in [3.05, 3.63) is 35.4 Å². The van der Waals surface area contributed by atoms with Gasteiger partial charge in [0.1, 0.15) is 0 Å². The smallest absolute Gasteiger partial charge is 0.241 e.